The van der Waals surface area contributed by atoms with Gasteiger partial charge in [0.05, 0.1) is 19.0 Å². The molecule has 0 fully saturated rings. The molecule has 0 unspecified atom stereocenters. The fourth-order valence-electron chi connectivity index (χ4n) is 2.66. The van der Waals surface area contributed by atoms with E-state index in [2.05, 4.69) is 15.6 Å². The molecule has 3 aromatic rings. The Morgan fingerprint density at radius 2 is 1.97 bits per heavy atom. The second-order valence-corrected chi connectivity index (χ2v) is 6.13. The molecule has 1 aromatic heterocycles. The zero-order valence-electron chi connectivity index (χ0n) is 16.2. The molecule has 2 aromatic carbocycles. The van der Waals surface area contributed by atoms with Gasteiger partial charge in [0.2, 0.25) is 0 Å². The highest BCUT2D eigenvalue weighted by Gasteiger charge is 2.20. The number of phenolic OH excluding ortho intramolecular Hbond substituents is 1. The summed E-state index contributed by atoms with van der Waals surface area (Å²) in [6.07, 6.45) is 1.27. The summed E-state index contributed by atoms with van der Waals surface area (Å²) in [6.45, 7) is 1.47. The Kier molecular flexibility index (Phi) is 5.89. The standard InChI is InChI=1S/C21H17N5O4/c1-13-17(11-22)21(29)26(15-7-9-16(30-2)10-8-15)25-19(13)20(28)24-23-12-14-5-3-4-6-18(14)27/h3-10,12,27H,1-2H3,(H,24,28)/b23-12+. The van der Waals surface area contributed by atoms with Crippen molar-refractivity contribution in [1.82, 2.24) is 15.2 Å². The number of ether oxygens (including phenoxy) is 1. The second-order valence-electron chi connectivity index (χ2n) is 6.13. The molecular formula is C21H17N5O4. The quantitative estimate of drug-likeness (QED) is 0.494. The van der Waals surface area contributed by atoms with Gasteiger partial charge in [-0.2, -0.15) is 20.1 Å². The molecular weight excluding hydrogens is 386 g/mol. The van der Waals surface area contributed by atoms with Gasteiger partial charge in [-0.3, -0.25) is 9.59 Å². The minimum Gasteiger partial charge on any atom is -0.507 e. The van der Waals surface area contributed by atoms with Crippen molar-refractivity contribution in [3.05, 3.63) is 81.3 Å². The molecule has 30 heavy (non-hydrogen) atoms. The molecule has 2 N–H and O–H groups in total. The third-order valence-electron chi connectivity index (χ3n) is 4.29. The number of benzene rings is 2. The second kappa shape index (κ2) is 8.70. The van der Waals surface area contributed by atoms with Gasteiger partial charge in [0.25, 0.3) is 11.5 Å². The van der Waals surface area contributed by atoms with Crippen molar-refractivity contribution >= 4 is 12.1 Å². The molecule has 1 heterocycles. The number of nitriles is 1. The molecule has 0 saturated heterocycles. The van der Waals surface area contributed by atoms with Crippen LogP contribution in [0.25, 0.3) is 5.69 Å². The zero-order chi connectivity index (χ0) is 21.7. The maximum absolute atomic E-state index is 12.6. The van der Waals surface area contributed by atoms with Crippen LogP contribution in [0.4, 0.5) is 0 Å². The number of hydrazone groups is 1. The third kappa shape index (κ3) is 4.02. The molecule has 0 aliphatic heterocycles. The van der Waals surface area contributed by atoms with Crippen molar-refractivity contribution in [1.29, 1.82) is 5.26 Å². The van der Waals surface area contributed by atoms with Crippen LogP contribution in [0, 0.1) is 18.3 Å². The lowest BCUT2D eigenvalue weighted by molar-refractivity contribution is 0.0947. The number of nitrogens with zero attached hydrogens (tertiary/aromatic N) is 4. The zero-order valence-corrected chi connectivity index (χ0v) is 16.2. The van der Waals surface area contributed by atoms with Gasteiger partial charge in [0.15, 0.2) is 5.69 Å². The number of nitrogens with one attached hydrogen (secondary N) is 1. The number of carbonyl (C=O) groups is 1. The summed E-state index contributed by atoms with van der Waals surface area (Å²) < 4.78 is 6.07. The molecule has 3 rings (SSSR count). The summed E-state index contributed by atoms with van der Waals surface area (Å²) in [5.41, 5.74) is 2.24. The van der Waals surface area contributed by atoms with Crippen molar-refractivity contribution < 1.29 is 14.6 Å². The van der Waals surface area contributed by atoms with Crippen molar-refractivity contribution in [3.8, 4) is 23.3 Å². The number of hydrogen-bond donors (Lipinski definition) is 2. The van der Waals surface area contributed by atoms with E-state index in [0.717, 1.165) is 4.68 Å². The number of rotatable bonds is 5. The normalized spacial score (nSPS) is 10.6. The smallest absolute Gasteiger partial charge is 0.292 e. The number of amides is 1. The Hall–Kier alpha value is -4.45. The van der Waals surface area contributed by atoms with Gasteiger partial charge in [0.1, 0.15) is 23.1 Å². The predicted octanol–water partition coefficient (Wildman–Crippen LogP) is 1.89. The van der Waals surface area contributed by atoms with E-state index in [4.69, 9.17) is 4.74 Å². The Balaban J connectivity index is 1.97. The van der Waals surface area contributed by atoms with Gasteiger partial charge < -0.3 is 9.84 Å². The number of hydrogen-bond acceptors (Lipinski definition) is 7. The van der Waals surface area contributed by atoms with Gasteiger partial charge in [-0.1, -0.05) is 12.1 Å². The highest BCUT2D eigenvalue weighted by Crippen LogP contribution is 2.15. The molecule has 0 bridgehead atoms. The first kappa shape index (κ1) is 20.3. The number of carbonyl (C=O) groups excluding carboxylic acids is 1. The number of phenols is 1. The van der Waals surface area contributed by atoms with Gasteiger partial charge in [0, 0.05) is 11.1 Å². The van der Waals surface area contributed by atoms with Gasteiger partial charge in [-0.25, -0.2) is 5.43 Å². The van der Waals surface area contributed by atoms with Gasteiger partial charge >= 0.3 is 0 Å². The first-order valence-corrected chi connectivity index (χ1v) is 8.76. The first-order chi connectivity index (χ1) is 14.5. The van der Waals surface area contributed by atoms with Crippen LogP contribution < -0.4 is 15.7 Å². The summed E-state index contributed by atoms with van der Waals surface area (Å²) in [6, 6.07) is 14.7. The number of aromatic hydroxyl groups is 1. The van der Waals surface area contributed by atoms with E-state index in [1.54, 1.807) is 42.5 Å². The fourth-order valence-corrected chi connectivity index (χ4v) is 2.66. The molecule has 0 radical (unpaired) electrons. The molecule has 150 valence electrons. The molecule has 0 spiro atoms. The van der Waals surface area contributed by atoms with E-state index in [1.165, 1.54) is 26.3 Å². The average molecular weight is 403 g/mol. The van der Waals surface area contributed by atoms with Crippen LogP contribution in [-0.4, -0.2) is 34.1 Å². The summed E-state index contributed by atoms with van der Waals surface area (Å²) in [5.74, 6) is -0.126. The van der Waals surface area contributed by atoms with E-state index in [0.29, 0.717) is 17.0 Å². The van der Waals surface area contributed by atoms with E-state index in [1.807, 2.05) is 6.07 Å². The number of methoxy groups -OCH3 is 1. The Morgan fingerprint density at radius 3 is 2.60 bits per heavy atom. The van der Waals surface area contributed by atoms with Crippen molar-refractivity contribution in [2.75, 3.05) is 7.11 Å². The lowest BCUT2D eigenvalue weighted by Crippen LogP contribution is -2.31. The first-order valence-electron chi connectivity index (χ1n) is 8.76. The SMILES string of the molecule is COc1ccc(-n2nc(C(=O)N/N=C/c3ccccc3O)c(C)c(C#N)c2=O)cc1. The van der Waals surface area contributed by atoms with E-state index < -0.39 is 11.5 Å². The molecule has 9 nitrogen and oxygen atoms in total. The molecule has 0 aliphatic rings. The number of para-hydroxylation sites is 1. The Bertz CT molecular complexity index is 1220. The Morgan fingerprint density at radius 1 is 1.27 bits per heavy atom. The van der Waals surface area contributed by atoms with Crippen LogP contribution in [0.3, 0.4) is 0 Å². The molecule has 0 saturated carbocycles. The molecule has 0 aliphatic carbocycles. The number of aromatic nitrogens is 2. The van der Waals surface area contributed by atoms with Crippen LogP contribution >= 0.6 is 0 Å². The van der Waals surface area contributed by atoms with Crippen molar-refractivity contribution in [2.24, 2.45) is 5.10 Å². The molecule has 0 atom stereocenters. The Labute approximate surface area is 171 Å². The van der Waals surface area contributed by atoms with Crippen LogP contribution in [0.1, 0.15) is 27.2 Å². The minimum absolute atomic E-state index is 0.00428. The lowest BCUT2D eigenvalue weighted by atomic mass is 10.1. The van der Waals surface area contributed by atoms with E-state index in [9.17, 15) is 20.0 Å². The third-order valence-corrected chi connectivity index (χ3v) is 4.29. The summed E-state index contributed by atoms with van der Waals surface area (Å²) in [4.78, 5) is 25.3. The molecule has 9 heteroatoms. The fraction of sp³-hybridized carbons (Fsp3) is 0.0952. The van der Waals surface area contributed by atoms with Crippen LogP contribution in [0.5, 0.6) is 11.5 Å². The predicted molar refractivity (Wildman–Crippen MR) is 109 cm³/mol. The van der Waals surface area contributed by atoms with Crippen LogP contribution in [0.2, 0.25) is 0 Å². The summed E-state index contributed by atoms with van der Waals surface area (Å²) in [5, 5.41) is 27.1. The molecule has 1 amide bonds. The average Bonchev–Trinajstić information content (AvgIpc) is 2.75. The minimum atomic E-state index is -0.710. The van der Waals surface area contributed by atoms with E-state index in [-0.39, 0.29) is 22.6 Å². The van der Waals surface area contributed by atoms with E-state index >= 15 is 0 Å². The maximum Gasteiger partial charge on any atom is 0.292 e. The van der Waals surface area contributed by atoms with Gasteiger partial charge in [-0.15, -0.1) is 0 Å². The van der Waals surface area contributed by atoms with Crippen LogP contribution in [0.15, 0.2) is 58.4 Å². The summed E-state index contributed by atoms with van der Waals surface area (Å²) in [7, 11) is 1.51. The summed E-state index contributed by atoms with van der Waals surface area (Å²) >= 11 is 0. The monoisotopic (exact) mass is 403 g/mol. The highest BCUT2D eigenvalue weighted by atomic mass is 16.5. The topological polar surface area (TPSA) is 130 Å². The highest BCUT2D eigenvalue weighted by molar-refractivity contribution is 5.95. The van der Waals surface area contributed by atoms with Crippen LogP contribution in [-0.2, 0) is 0 Å². The van der Waals surface area contributed by atoms with Crippen molar-refractivity contribution in [3.63, 3.8) is 0 Å². The van der Waals surface area contributed by atoms with Gasteiger partial charge in [-0.05, 0) is 43.3 Å². The van der Waals surface area contributed by atoms with Crippen molar-refractivity contribution in [2.45, 2.75) is 6.92 Å². The maximum atomic E-state index is 12.6. The largest absolute Gasteiger partial charge is 0.507 e. The lowest BCUT2D eigenvalue weighted by Gasteiger charge is -2.11.